The van der Waals surface area contributed by atoms with Crippen LogP contribution in [0.3, 0.4) is 0 Å². The van der Waals surface area contributed by atoms with E-state index in [2.05, 4.69) is 0 Å². The van der Waals surface area contributed by atoms with Crippen molar-refractivity contribution in [2.75, 3.05) is 13.1 Å². The quantitative estimate of drug-likeness (QED) is 0.828. The Morgan fingerprint density at radius 3 is 3.11 bits per heavy atom. The number of aliphatic hydroxyl groups is 1. The van der Waals surface area contributed by atoms with Gasteiger partial charge in [-0.15, -0.1) is 0 Å². The molecule has 2 aliphatic rings. The van der Waals surface area contributed by atoms with Crippen molar-refractivity contribution in [2.24, 2.45) is 5.92 Å². The van der Waals surface area contributed by atoms with Gasteiger partial charge in [0.2, 0.25) is 0 Å². The van der Waals surface area contributed by atoms with Crippen molar-refractivity contribution in [3.05, 3.63) is 24.2 Å². The van der Waals surface area contributed by atoms with Crippen molar-refractivity contribution in [1.82, 2.24) is 4.90 Å². The van der Waals surface area contributed by atoms with Crippen molar-refractivity contribution in [2.45, 2.75) is 37.7 Å². The van der Waals surface area contributed by atoms with Gasteiger partial charge in [-0.3, -0.25) is 4.79 Å². The first-order valence-corrected chi connectivity index (χ1v) is 6.73. The number of furan rings is 1. The summed E-state index contributed by atoms with van der Waals surface area (Å²) in [7, 11) is 0. The zero-order valence-corrected chi connectivity index (χ0v) is 10.5. The van der Waals surface area contributed by atoms with Gasteiger partial charge in [-0.2, -0.15) is 0 Å². The van der Waals surface area contributed by atoms with Crippen molar-refractivity contribution < 1.29 is 14.3 Å². The van der Waals surface area contributed by atoms with E-state index in [9.17, 15) is 9.90 Å². The molecule has 0 radical (unpaired) electrons. The summed E-state index contributed by atoms with van der Waals surface area (Å²) in [4.78, 5) is 14.1. The average molecular weight is 249 g/mol. The lowest BCUT2D eigenvalue weighted by molar-refractivity contribution is -0.0886. The van der Waals surface area contributed by atoms with E-state index in [1.54, 1.807) is 6.07 Å². The number of nitrogens with zero attached hydrogens (tertiary/aromatic N) is 1. The molecule has 1 aliphatic carbocycles. The smallest absolute Gasteiger partial charge is 0.257 e. The Morgan fingerprint density at radius 1 is 1.44 bits per heavy atom. The summed E-state index contributed by atoms with van der Waals surface area (Å²) in [6.45, 7) is 1.33. The zero-order chi connectivity index (χ0) is 12.6. The maximum Gasteiger partial charge on any atom is 0.257 e. The van der Waals surface area contributed by atoms with Gasteiger partial charge in [0.15, 0.2) is 0 Å². The van der Waals surface area contributed by atoms with E-state index in [1.165, 1.54) is 18.9 Å². The van der Waals surface area contributed by atoms with Crippen molar-refractivity contribution in [3.63, 3.8) is 0 Å². The number of fused-ring (bicyclic) bond motifs is 1. The number of amides is 1. The Balaban J connectivity index is 1.72. The second-order valence-electron chi connectivity index (χ2n) is 5.56. The normalized spacial score (nSPS) is 32.1. The third-order valence-electron chi connectivity index (χ3n) is 4.48. The van der Waals surface area contributed by atoms with Crippen LogP contribution in [0.5, 0.6) is 0 Å². The zero-order valence-electron chi connectivity index (χ0n) is 10.5. The molecule has 1 aromatic rings. The molecule has 18 heavy (non-hydrogen) atoms. The van der Waals surface area contributed by atoms with Crippen molar-refractivity contribution in [1.29, 1.82) is 0 Å². The number of carbonyl (C=O) groups is 1. The minimum absolute atomic E-state index is 0.0244. The molecule has 2 atom stereocenters. The highest BCUT2D eigenvalue weighted by atomic mass is 16.3. The number of carbonyl (C=O) groups excluding carboxylic acids is 1. The molecule has 1 amide bonds. The standard InChI is InChI=1S/C14H19NO3/c16-13(11-4-8-18-10-11)15-7-6-14(17)5-2-1-3-12(14)9-15/h4,8,10,12,17H,1-3,5-7,9H2. The highest BCUT2D eigenvalue weighted by Crippen LogP contribution is 2.39. The first-order valence-electron chi connectivity index (χ1n) is 6.73. The fourth-order valence-electron chi connectivity index (χ4n) is 3.32. The minimum atomic E-state index is -0.522. The molecule has 3 rings (SSSR count). The lowest BCUT2D eigenvalue weighted by atomic mass is 9.71. The van der Waals surface area contributed by atoms with Gasteiger partial charge in [0.05, 0.1) is 17.4 Å². The van der Waals surface area contributed by atoms with E-state index in [4.69, 9.17) is 4.42 Å². The molecule has 2 heterocycles. The summed E-state index contributed by atoms with van der Waals surface area (Å²) in [6.07, 6.45) is 7.93. The summed E-state index contributed by atoms with van der Waals surface area (Å²) in [5.74, 6) is 0.271. The van der Waals surface area contributed by atoms with Crippen LogP contribution in [-0.4, -0.2) is 34.6 Å². The van der Waals surface area contributed by atoms with E-state index < -0.39 is 5.60 Å². The molecule has 0 spiro atoms. The minimum Gasteiger partial charge on any atom is -0.472 e. The molecule has 2 unspecified atom stereocenters. The van der Waals surface area contributed by atoms with E-state index >= 15 is 0 Å². The second kappa shape index (κ2) is 4.43. The molecule has 2 fully saturated rings. The van der Waals surface area contributed by atoms with Gasteiger partial charge in [-0.25, -0.2) is 0 Å². The summed E-state index contributed by atoms with van der Waals surface area (Å²) < 4.78 is 4.96. The van der Waals surface area contributed by atoms with Crippen LogP contribution < -0.4 is 0 Å². The monoisotopic (exact) mass is 249 g/mol. The van der Waals surface area contributed by atoms with Crippen LogP contribution in [0, 0.1) is 5.92 Å². The van der Waals surface area contributed by atoms with Gasteiger partial charge in [0, 0.05) is 19.0 Å². The highest BCUT2D eigenvalue weighted by Gasteiger charge is 2.43. The van der Waals surface area contributed by atoms with Gasteiger partial charge in [-0.1, -0.05) is 12.8 Å². The summed E-state index contributed by atoms with van der Waals surface area (Å²) >= 11 is 0. The number of hydrogen-bond donors (Lipinski definition) is 1. The third-order valence-corrected chi connectivity index (χ3v) is 4.48. The van der Waals surface area contributed by atoms with Crippen molar-refractivity contribution >= 4 is 5.91 Å². The van der Waals surface area contributed by atoms with Gasteiger partial charge < -0.3 is 14.4 Å². The van der Waals surface area contributed by atoms with Gasteiger partial charge in [0.1, 0.15) is 6.26 Å². The maximum atomic E-state index is 12.2. The maximum absolute atomic E-state index is 12.2. The lowest BCUT2D eigenvalue weighted by Gasteiger charge is -2.47. The first kappa shape index (κ1) is 11.8. The Kier molecular flexibility index (Phi) is 2.90. The van der Waals surface area contributed by atoms with Crippen molar-refractivity contribution in [3.8, 4) is 0 Å². The highest BCUT2D eigenvalue weighted by molar-refractivity contribution is 5.93. The Morgan fingerprint density at radius 2 is 2.33 bits per heavy atom. The van der Waals surface area contributed by atoms with Crippen LogP contribution in [0.25, 0.3) is 0 Å². The topological polar surface area (TPSA) is 53.7 Å². The summed E-state index contributed by atoms with van der Waals surface area (Å²) in [5.41, 5.74) is 0.0852. The molecule has 1 saturated heterocycles. The van der Waals surface area contributed by atoms with E-state index in [0.29, 0.717) is 25.1 Å². The second-order valence-corrected chi connectivity index (χ2v) is 5.56. The molecule has 1 N–H and O–H groups in total. The largest absolute Gasteiger partial charge is 0.472 e. The molecule has 0 bridgehead atoms. The number of piperidine rings is 1. The molecule has 1 saturated carbocycles. The van der Waals surface area contributed by atoms with Gasteiger partial charge in [-0.05, 0) is 25.3 Å². The van der Waals surface area contributed by atoms with E-state index in [1.807, 2.05) is 4.90 Å². The van der Waals surface area contributed by atoms with Crippen LogP contribution in [0.4, 0.5) is 0 Å². The molecule has 4 nitrogen and oxygen atoms in total. The third kappa shape index (κ3) is 1.94. The van der Waals surface area contributed by atoms with Crippen LogP contribution >= 0.6 is 0 Å². The van der Waals surface area contributed by atoms with Gasteiger partial charge in [0.25, 0.3) is 5.91 Å². The molecule has 0 aromatic carbocycles. The molecular formula is C14H19NO3. The summed E-state index contributed by atoms with van der Waals surface area (Å²) in [6, 6.07) is 1.70. The fourth-order valence-corrected chi connectivity index (χ4v) is 3.32. The first-order chi connectivity index (χ1) is 8.69. The molecule has 4 heteroatoms. The van der Waals surface area contributed by atoms with Crippen LogP contribution in [0.2, 0.25) is 0 Å². The summed E-state index contributed by atoms with van der Waals surface area (Å²) in [5, 5.41) is 10.6. The molecule has 1 aliphatic heterocycles. The van der Waals surface area contributed by atoms with E-state index in [0.717, 1.165) is 19.3 Å². The molecule has 1 aromatic heterocycles. The average Bonchev–Trinajstić information content (AvgIpc) is 2.90. The Bertz CT molecular complexity index is 428. The number of hydrogen-bond acceptors (Lipinski definition) is 3. The van der Waals surface area contributed by atoms with Crippen LogP contribution in [-0.2, 0) is 0 Å². The molecular weight excluding hydrogens is 230 g/mol. The SMILES string of the molecule is O=C(c1ccoc1)N1CCC2(O)CCCCC2C1. The van der Waals surface area contributed by atoms with Crippen LogP contribution in [0.15, 0.2) is 23.0 Å². The molecule has 98 valence electrons. The predicted molar refractivity (Wildman–Crippen MR) is 66.1 cm³/mol. The van der Waals surface area contributed by atoms with Gasteiger partial charge >= 0.3 is 0 Å². The van der Waals surface area contributed by atoms with Crippen LogP contribution in [0.1, 0.15) is 42.5 Å². The predicted octanol–water partition coefficient (Wildman–Crippen LogP) is 2.05. The lowest BCUT2D eigenvalue weighted by Crippen LogP contribution is -2.54. The Hall–Kier alpha value is -1.29. The number of likely N-dealkylation sites (tertiary alicyclic amines) is 1. The fraction of sp³-hybridized carbons (Fsp3) is 0.643. The van der Waals surface area contributed by atoms with E-state index in [-0.39, 0.29) is 11.8 Å². The number of rotatable bonds is 1. The Labute approximate surface area is 107 Å².